The molecule has 0 radical (unpaired) electrons. The Balaban J connectivity index is 2.37. The van der Waals surface area contributed by atoms with Crippen LogP contribution in [-0.2, 0) is 0 Å². The maximum Gasteiger partial charge on any atom is 0.104 e. The summed E-state index contributed by atoms with van der Waals surface area (Å²) in [5, 5.41) is 11.9. The van der Waals surface area contributed by atoms with Gasteiger partial charge in [0.25, 0.3) is 0 Å². The van der Waals surface area contributed by atoms with Gasteiger partial charge in [0.2, 0.25) is 0 Å². The fraction of sp³-hybridized carbons (Fsp3) is 0.0769. The number of rotatable bonds is 2. The SMILES string of the molecule is OC(c1ccc(Cl)c(Cl)c1)c1ccc(Cl)c(Cl)c1. The molecule has 0 amide bonds. The number of aliphatic hydroxyl groups is 1. The Bertz CT molecular complexity index is 532. The van der Waals surface area contributed by atoms with Gasteiger partial charge in [-0.1, -0.05) is 58.5 Å². The molecule has 94 valence electrons. The summed E-state index contributed by atoms with van der Waals surface area (Å²) >= 11 is 23.5. The summed E-state index contributed by atoms with van der Waals surface area (Å²) in [6.45, 7) is 0. The molecule has 18 heavy (non-hydrogen) atoms. The normalized spacial score (nSPS) is 11.0. The minimum absolute atomic E-state index is 0.397. The topological polar surface area (TPSA) is 20.2 Å². The van der Waals surface area contributed by atoms with E-state index in [0.29, 0.717) is 31.2 Å². The number of hydrogen-bond acceptors (Lipinski definition) is 1. The van der Waals surface area contributed by atoms with E-state index in [9.17, 15) is 5.11 Å². The fourth-order valence-electron chi connectivity index (χ4n) is 1.56. The molecule has 0 bridgehead atoms. The molecule has 0 saturated heterocycles. The summed E-state index contributed by atoms with van der Waals surface area (Å²) in [4.78, 5) is 0. The molecular weight excluding hydrogens is 314 g/mol. The van der Waals surface area contributed by atoms with Gasteiger partial charge in [-0.3, -0.25) is 0 Å². The van der Waals surface area contributed by atoms with Gasteiger partial charge in [0.05, 0.1) is 20.1 Å². The quantitative estimate of drug-likeness (QED) is 0.787. The first-order valence-electron chi connectivity index (χ1n) is 5.07. The molecule has 0 spiro atoms. The van der Waals surface area contributed by atoms with Crippen LogP contribution < -0.4 is 0 Å². The Kier molecular flexibility index (Phi) is 4.41. The van der Waals surface area contributed by atoms with Crippen molar-refractivity contribution in [1.82, 2.24) is 0 Å². The molecule has 0 saturated carbocycles. The first-order valence-corrected chi connectivity index (χ1v) is 6.58. The number of benzene rings is 2. The predicted molar refractivity (Wildman–Crippen MR) is 77.0 cm³/mol. The largest absolute Gasteiger partial charge is 0.384 e. The number of aliphatic hydroxyl groups excluding tert-OH is 1. The van der Waals surface area contributed by atoms with Crippen molar-refractivity contribution in [3.8, 4) is 0 Å². The van der Waals surface area contributed by atoms with Crippen molar-refractivity contribution >= 4 is 46.4 Å². The van der Waals surface area contributed by atoms with Gasteiger partial charge in [-0.2, -0.15) is 0 Å². The number of hydrogen-bond donors (Lipinski definition) is 1. The van der Waals surface area contributed by atoms with Gasteiger partial charge in [0, 0.05) is 0 Å². The summed E-state index contributed by atoms with van der Waals surface area (Å²) in [5.74, 6) is 0. The van der Waals surface area contributed by atoms with Crippen molar-refractivity contribution in [2.75, 3.05) is 0 Å². The zero-order chi connectivity index (χ0) is 13.3. The molecule has 0 heterocycles. The maximum atomic E-state index is 10.2. The lowest BCUT2D eigenvalue weighted by Crippen LogP contribution is -1.99. The molecule has 1 nitrogen and oxygen atoms in total. The van der Waals surface area contributed by atoms with Gasteiger partial charge in [-0.05, 0) is 35.4 Å². The zero-order valence-corrected chi connectivity index (χ0v) is 12.0. The highest BCUT2D eigenvalue weighted by Crippen LogP contribution is 2.31. The van der Waals surface area contributed by atoms with Gasteiger partial charge in [-0.15, -0.1) is 0 Å². The third-order valence-electron chi connectivity index (χ3n) is 2.52. The van der Waals surface area contributed by atoms with Gasteiger partial charge in [0.15, 0.2) is 0 Å². The second-order valence-electron chi connectivity index (χ2n) is 3.75. The van der Waals surface area contributed by atoms with Gasteiger partial charge in [-0.25, -0.2) is 0 Å². The van der Waals surface area contributed by atoms with Crippen LogP contribution in [0.25, 0.3) is 0 Å². The molecule has 2 rings (SSSR count). The number of halogens is 4. The van der Waals surface area contributed by atoms with E-state index in [1.54, 1.807) is 36.4 Å². The third-order valence-corrected chi connectivity index (χ3v) is 4.00. The second-order valence-corrected chi connectivity index (χ2v) is 5.38. The van der Waals surface area contributed by atoms with Gasteiger partial charge in [0.1, 0.15) is 6.10 Å². The molecule has 0 fully saturated rings. The van der Waals surface area contributed by atoms with Crippen LogP contribution in [0.15, 0.2) is 36.4 Å². The van der Waals surface area contributed by atoms with Crippen LogP contribution in [0.5, 0.6) is 0 Å². The van der Waals surface area contributed by atoms with E-state index < -0.39 is 6.10 Å². The average Bonchev–Trinajstić information content (AvgIpc) is 2.35. The van der Waals surface area contributed by atoms with Crippen molar-refractivity contribution in [2.24, 2.45) is 0 Å². The van der Waals surface area contributed by atoms with E-state index in [-0.39, 0.29) is 0 Å². The minimum atomic E-state index is -0.825. The molecule has 0 aromatic heterocycles. The minimum Gasteiger partial charge on any atom is -0.384 e. The molecule has 0 aliphatic heterocycles. The van der Waals surface area contributed by atoms with Crippen molar-refractivity contribution in [3.05, 3.63) is 67.6 Å². The highest BCUT2D eigenvalue weighted by molar-refractivity contribution is 6.42. The predicted octanol–water partition coefficient (Wildman–Crippen LogP) is 5.38. The average molecular weight is 322 g/mol. The molecule has 0 unspecified atom stereocenters. The standard InChI is InChI=1S/C13H8Cl4O/c14-9-3-1-7(5-11(9)16)13(18)8-2-4-10(15)12(17)6-8/h1-6,13,18H. The highest BCUT2D eigenvalue weighted by Gasteiger charge is 2.13. The van der Waals surface area contributed by atoms with Crippen LogP contribution in [0, 0.1) is 0 Å². The lowest BCUT2D eigenvalue weighted by molar-refractivity contribution is 0.220. The van der Waals surface area contributed by atoms with Crippen LogP contribution in [0.2, 0.25) is 20.1 Å². The van der Waals surface area contributed by atoms with E-state index >= 15 is 0 Å². The monoisotopic (exact) mass is 320 g/mol. The van der Waals surface area contributed by atoms with Crippen molar-refractivity contribution in [2.45, 2.75) is 6.10 Å². The second kappa shape index (κ2) is 5.68. The fourth-order valence-corrected chi connectivity index (χ4v) is 2.17. The zero-order valence-electron chi connectivity index (χ0n) is 9.00. The smallest absolute Gasteiger partial charge is 0.104 e. The summed E-state index contributed by atoms with van der Waals surface area (Å²) < 4.78 is 0. The Morgan fingerprint density at radius 1 is 0.667 bits per heavy atom. The first-order chi connectivity index (χ1) is 8.49. The summed E-state index contributed by atoms with van der Waals surface area (Å²) in [6.07, 6.45) is -0.825. The van der Waals surface area contributed by atoms with Crippen molar-refractivity contribution < 1.29 is 5.11 Å². The molecule has 2 aromatic rings. The van der Waals surface area contributed by atoms with Crippen molar-refractivity contribution in [1.29, 1.82) is 0 Å². The molecule has 5 heteroatoms. The molecule has 0 atom stereocenters. The van der Waals surface area contributed by atoms with Crippen LogP contribution in [0.4, 0.5) is 0 Å². The molecular formula is C13H8Cl4O. The highest BCUT2D eigenvalue weighted by atomic mass is 35.5. The van der Waals surface area contributed by atoms with Crippen LogP contribution in [0.3, 0.4) is 0 Å². The van der Waals surface area contributed by atoms with E-state index in [0.717, 1.165) is 0 Å². The van der Waals surface area contributed by atoms with E-state index in [1.807, 2.05) is 0 Å². The van der Waals surface area contributed by atoms with Gasteiger partial charge < -0.3 is 5.11 Å². The molecule has 2 aromatic carbocycles. The lowest BCUT2D eigenvalue weighted by Gasteiger charge is -2.13. The van der Waals surface area contributed by atoms with E-state index in [4.69, 9.17) is 46.4 Å². The third kappa shape index (κ3) is 2.93. The summed E-state index contributed by atoms with van der Waals surface area (Å²) in [5.41, 5.74) is 1.28. The summed E-state index contributed by atoms with van der Waals surface area (Å²) in [6, 6.07) is 9.94. The lowest BCUT2D eigenvalue weighted by atomic mass is 10.0. The van der Waals surface area contributed by atoms with Crippen LogP contribution in [0.1, 0.15) is 17.2 Å². The van der Waals surface area contributed by atoms with Crippen molar-refractivity contribution in [3.63, 3.8) is 0 Å². The first kappa shape index (κ1) is 14.0. The maximum absolute atomic E-state index is 10.2. The molecule has 0 aliphatic carbocycles. The Labute approximate surface area is 125 Å². The molecule has 0 aliphatic rings. The summed E-state index contributed by atoms with van der Waals surface area (Å²) in [7, 11) is 0. The van der Waals surface area contributed by atoms with E-state index in [2.05, 4.69) is 0 Å². The molecule has 1 N–H and O–H groups in total. The Hall–Kier alpha value is -0.440. The van der Waals surface area contributed by atoms with Crippen LogP contribution in [-0.4, -0.2) is 5.11 Å². The van der Waals surface area contributed by atoms with E-state index in [1.165, 1.54) is 0 Å². The van der Waals surface area contributed by atoms with Gasteiger partial charge >= 0.3 is 0 Å². The Morgan fingerprint density at radius 2 is 1.06 bits per heavy atom. The van der Waals surface area contributed by atoms with Crippen LogP contribution >= 0.6 is 46.4 Å². The Morgan fingerprint density at radius 3 is 1.39 bits per heavy atom.